The maximum Gasteiger partial charge on any atom is 0.0390 e. The van der Waals surface area contributed by atoms with Crippen molar-refractivity contribution in [3.05, 3.63) is 24.3 Å². The van der Waals surface area contributed by atoms with E-state index in [0.29, 0.717) is 18.0 Å². The standard InChI is InChI=1S/C16H27N3/c1-12(2)16-11-19(13(3)10-17-16)15-8-6-7-14(9-15)18(4)5/h6-9,12-13,16-17H,10-11H2,1-5H3. The molecule has 0 bridgehead atoms. The Kier molecular flexibility index (Phi) is 4.35. The Balaban J connectivity index is 2.21. The first-order valence-corrected chi connectivity index (χ1v) is 7.26. The van der Waals surface area contributed by atoms with Crippen molar-refractivity contribution in [2.75, 3.05) is 37.0 Å². The van der Waals surface area contributed by atoms with Crippen LogP contribution in [0.5, 0.6) is 0 Å². The normalized spacial score (nSPS) is 23.8. The lowest BCUT2D eigenvalue weighted by atomic mass is 9.99. The molecule has 2 atom stereocenters. The molecular formula is C16H27N3. The summed E-state index contributed by atoms with van der Waals surface area (Å²) < 4.78 is 0. The van der Waals surface area contributed by atoms with Gasteiger partial charge in [-0.2, -0.15) is 0 Å². The molecule has 0 spiro atoms. The summed E-state index contributed by atoms with van der Waals surface area (Å²) >= 11 is 0. The molecule has 1 aromatic rings. The molecule has 1 fully saturated rings. The van der Waals surface area contributed by atoms with E-state index in [0.717, 1.165) is 13.1 Å². The Hall–Kier alpha value is -1.22. The molecule has 0 aromatic heterocycles. The molecule has 2 unspecified atom stereocenters. The fourth-order valence-corrected chi connectivity index (χ4v) is 2.64. The minimum Gasteiger partial charge on any atom is -0.378 e. The number of rotatable bonds is 3. The molecule has 1 aromatic carbocycles. The number of nitrogens with zero attached hydrogens (tertiary/aromatic N) is 2. The zero-order valence-corrected chi connectivity index (χ0v) is 12.9. The van der Waals surface area contributed by atoms with Gasteiger partial charge in [-0.05, 0) is 31.0 Å². The van der Waals surface area contributed by atoms with Gasteiger partial charge >= 0.3 is 0 Å². The predicted molar refractivity (Wildman–Crippen MR) is 84.2 cm³/mol. The highest BCUT2D eigenvalue weighted by Gasteiger charge is 2.26. The van der Waals surface area contributed by atoms with Gasteiger partial charge in [-0.25, -0.2) is 0 Å². The van der Waals surface area contributed by atoms with Crippen LogP contribution in [0.15, 0.2) is 24.3 Å². The first kappa shape index (κ1) is 14.2. The van der Waals surface area contributed by atoms with Crippen molar-refractivity contribution in [3.63, 3.8) is 0 Å². The van der Waals surface area contributed by atoms with Crippen LogP contribution in [-0.4, -0.2) is 39.3 Å². The van der Waals surface area contributed by atoms with Crippen LogP contribution in [0.3, 0.4) is 0 Å². The van der Waals surface area contributed by atoms with Crippen LogP contribution in [0.2, 0.25) is 0 Å². The van der Waals surface area contributed by atoms with Crippen molar-refractivity contribution in [2.45, 2.75) is 32.9 Å². The highest BCUT2D eigenvalue weighted by atomic mass is 15.2. The average molecular weight is 261 g/mol. The van der Waals surface area contributed by atoms with E-state index in [1.807, 2.05) is 0 Å². The second kappa shape index (κ2) is 5.83. The Morgan fingerprint density at radius 3 is 2.68 bits per heavy atom. The molecule has 0 saturated carbocycles. The number of anilines is 2. The lowest BCUT2D eigenvalue weighted by Gasteiger charge is -2.42. The molecule has 1 aliphatic rings. The maximum absolute atomic E-state index is 3.65. The van der Waals surface area contributed by atoms with Crippen LogP contribution in [0.25, 0.3) is 0 Å². The van der Waals surface area contributed by atoms with E-state index in [-0.39, 0.29) is 0 Å². The van der Waals surface area contributed by atoms with Crippen molar-refractivity contribution in [1.29, 1.82) is 0 Å². The Morgan fingerprint density at radius 1 is 1.32 bits per heavy atom. The number of benzene rings is 1. The molecule has 0 amide bonds. The molecule has 1 aliphatic heterocycles. The second-order valence-electron chi connectivity index (χ2n) is 6.17. The van der Waals surface area contributed by atoms with E-state index < -0.39 is 0 Å². The van der Waals surface area contributed by atoms with Crippen molar-refractivity contribution in [1.82, 2.24) is 5.32 Å². The third kappa shape index (κ3) is 3.21. The number of nitrogens with one attached hydrogen (secondary N) is 1. The van der Waals surface area contributed by atoms with Gasteiger partial charge in [0, 0.05) is 50.6 Å². The summed E-state index contributed by atoms with van der Waals surface area (Å²) in [5.41, 5.74) is 2.61. The van der Waals surface area contributed by atoms with Crippen LogP contribution in [0, 0.1) is 5.92 Å². The Labute approximate surface area is 117 Å². The molecule has 1 saturated heterocycles. The maximum atomic E-state index is 3.65. The number of hydrogen-bond acceptors (Lipinski definition) is 3. The molecule has 3 heteroatoms. The first-order valence-electron chi connectivity index (χ1n) is 7.26. The third-order valence-corrected chi connectivity index (χ3v) is 4.08. The minimum absolute atomic E-state index is 0.549. The van der Waals surface area contributed by atoms with Crippen molar-refractivity contribution in [3.8, 4) is 0 Å². The summed E-state index contributed by atoms with van der Waals surface area (Å²) in [6.45, 7) is 9.04. The molecule has 3 nitrogen and oxygen atoms in total. The van der Waals surface area contributed by atoms with Crippen molar-refractivity contribution < 1.29 is 0 Å². The molecule has 0 radical (unpaired) electrons. The summed E-state index contributed by atoms with van der Waals surface area (Å²) in [7, 11) is 4.19. The zero-order chi connectivity index (χ0) is 14.0. The van der Waals surface area contributed by atoms with Crippen LogP contribution in [-0.2, 0) is 0 Å². The summed E-state index contributed by atoms with van der Waals surface area (Å²) in [5.74, 6) is 0.673. The van der Waals surface area contributed by atoms with E-state index in [9.17, 15) is 0 Å². The number of hydrogen-bond donors (Lipinski definition) is 1. The van der Waals surface area contributed by atoms with Gasteiger partial charge in [-0.1, -0.05) is 19.9 Å². The quantitative estimate of drug-likeness (QED) is 0.902. The van der Waals surface area contributed by atoms with Crippen LogP contribution < -0.4 is 15.1 Å². The Morgan fingerprint density at radius 2 is 2.05 bits per heavy atom. The van der Waals surface area contributed by atoms with Crippen molar-refractivity contribution in [2.24, 2.45) is 5.92 Å². The fraction of sp³-hybridized carbons (Fsp3) is 0.625. The first-order chi connectivity index (χ1) is 8.99. The summed E-state index contributed by atoms with van der Waals surface area (Å²) in [6, 6.07) is 9.97. The molecule has 0 aliphatic carbocycles. The summed E-state index contributed by atoms with van der Waals surface area (Å²) in [4.78, 5) is 4.70. The smallest absolute Gasteiger partial charge is 0.0390 e. The average Bonchev–Trinajstić information content (AvgIpc) is 2.39. The van der Waals surface area contributed by atoms with E-state index >= 15 is 0 Å². The van der Waals surface area contributed by atoms with Gasteiger partial charge in [0.15, 0.2) is 0 Å². The highest BCUT2D eigenvalue weighted by Crippen LogP contribution is 2.25. The molecular weight excluding hydrogens is 234 g/mol. The predicted octanol–water partition coefficient (Wildman–Crippen LogP) is 2.58. The van der Waals surface area contributed by atoms with Crippen molar-refractivity contribution >= 4 is 11.4 Å². The van der Waals surface area contributed by atoms with Gasteiger partial charge in [-0.15, -0.1) is 0 Å². The van der Waals surface area contributed by atoms with E-state index in [2.05, 4.69) is 74.2 Å². The van der Waals surface area contributed by atoms with Gasteiger partial charge in [0.05, 0.1) is 0 Å². The second-order valence-corrected chi connectivity index (χ2v) is 6.17. The van der Waals surface area contributed by atoms with Gasteiger partial charge in [0.1, 0.15) is 0 Å². The SMILES string of the molecule is CC(C)C1CN(c2cccc(N(C)C)c2)C(C)CN1. The molecule has 106 valence electrons. The van der Waals surface area contributed by atoms with E-state index in [1.165, 1.54) is 11.4 Å². The summed E-state index contributed by atoms with van der Waals surface area (Å²) in [5, 5.41) is 3.65. The number of piperazine rings is 1. The van der Waals surface area contributed by atoms with Gasteiger partial charge in [0.2, 0.25) is 0 Å². The van der Waals surface area contributed by atoms with Crippen LogP contribution in [0.1, 0.15) is 20.8 Å². The molecule has 1 N–H and O–H groups in total. The van der Waals surface area contributed by atoms with Crippen LogP contribution in [0.4, 0.5) is 11.4 Å². The largest absolute Gasteiger partial charge is 0.378 e. The van der Waals surface area contributed by atoms with E-state index in [4.69, 9.17) is 0 Å². The monoisotopic (exact) mass is 261 g/mol. The summed E-state index contributed by atoms with van der Waals surface area (Å²) in [6.07, 6.45) is 0. The highest BCUT2D eigenvalue weighted by molar-refractivity contribution is 5.59. The molecule has 1 heterocycles. The molecule has 2 rings (SSSR count). The zero-order valence-electron chi connectivity index (χ0n) is 12.9. The topological polar surface area (TPSA) is 18.5 Å². The van der Waals surface area contributed by atoms with Gasteiger partial charge in [0.25, 0.3) is 0 Å². The fourth-order valence-electron chi connectivity index (χ4n) is 2.64. The van der Waals surface area contributed by atoms with Crippen LogP contribution >= 0.6 is 0 Å². The minimum atomic E-state index is 0.549. The van der Waals surface area contributed by atoms with Gasteiger partial charge < -0.3 is 15.1 Å². The lowest BCUT2D eigenvalue weighted by Crippen LogP contribution is -2.57. The van der Waals surface area contributed by atoms with Gasteiger partial charge in [-0.3, -0.25) is 0 Å². The lowest BCUT2D eigenvalue weighted by molar-refractivity contribution is 0.337. The third-order valence-electron chi connectivity index (χ3n) is 4.08. The Bertz CT molecular complexity index is 414. The molecule has 19 heavy (non-hydrogen) atoms. The van der Waals surface area contributed by atoms with E-state index in [1.54, 1.807) is 0 Å².